The normalized spacial score (nSPS) is 21.2. The average Bonchev–Trinajstić information content (AvgIpc) is 3.22. The highest BCUT2D eigenvalue weighted by Crippen LogP contribution is 2.38. The summed E-state index contributed by atoms with van der Waals surface area (Å²) >= 11 is 0.660. The number of rotatable bonds is 3. The molecule has 0 radical (unpaired) electrons. The zero-order chi connectivity index (χ0) is 18.3. The number of fused-ring (bicyclic) bond motifs is 1. The second-order valence-electron chi connectivity index (χ2n) is 6.10. The molecule has 2 atom stereocenters. The Bertz CT molecular complexity index is 922. The van der Waals surface area contributed by atoms with Gasteiger partial charge in [-0.05, 0) is 37.2 Å². The number of aromatic nitrogens is 3. The Balaban J connectivity index is 1.65. The summed E-state index contributed by atoms with van der Waals surface area (Å²) in [6.07, 6.45) is -2.64. The van der Waals surface area contributed by atoms with Crippen LogP contribution >= 0.6 is 11.3 Å². The van der Waals surface area contributed by atoms with E-state index in [1.807, 2.05) is 0 Å². The molecule has 0 saturated carbocycles. The van der Waals surface area contributed by atoms with Crippen molar-refractivity contribution in [2.24, 2.45) is 0 Å². The number of alkyl halides is 3. The van der Waals surface area contributed by atoms with Gasteiger partial charge in [0.2, 0.25) is 0 Å². The summed E-state index contributed by atoms with van der Waals surface area (Å²) in [7, 11) is 0. The molecule has 10 heteroatoms. The highest BCUT2D eigenvalue weighted by atomic mass is 32.1. The molecule has 1 aliphatic heterocycles. The smallest absolute Gasteiger partial charge is 0.390 e. The molecule has 0 bridgehead atoms. The van der Waals surface area contributed by atoms with Gasteiger partial charge in [-0.1, -0.05) is 0 Å². The summed E-state index contributed by atoms with van der Waals surface area (Å²) in [5, 5.41) is 20.8. The van der Waals surface area contributed by atoms with E-state index in [-0.39, 0.29) is 6.04 Å². The lowest BCUT2D eigenvalue weighted by atomic mass is 10.0. The average molecular weight is 383 g/mol. The lowest BCUT2D eigenvalue weighted by Crippen LogP contribution is -2.47. The second-order valence-corrected chi connectivity index (χ2v) is 7.19. The first-order valence-corrected chi connectivity index (χ1v) is 8.91. The Kier molecular flexibility index (Phi) is 4.33. The minimum absolute atomic E-state index is 0.133. The first-order chi connectivity index (χ1) is 12.4. The summed E-state index contributed by atoms with van der Waals surface area (Å²) in [6, 6.07) is 5.84. The van der Waals surface area contributed by atoms with Gasteiger partial charge in [0.25, 0.3) is 0 Å². The Hall–Kier alpha value is -2.17. The number of nitrogens with zero attached hydrogens (tertiary/aromatic N) is 3. The molecule has 3 aromatic heterocycles. The van der Waals surface area contributed by atoms with Gasteiger partial charge in [-0.3, -0.25) is 0 Å². The fourth-order valence-electron chi connectivity index (χ4n) is 2.95. The maximum absolute atomic E-state index is 12.9. The number of piperidine rings is 1. The van der Waals surface area contributed by atoms with Crippen molar-refractivity contribution in [3.05, 3.63) is 35.3 Å². The lowest BCUT2D eigenvalue weighted by molar-refractivity contribution is -0.134. The van der Waals surface area contributed by atoms with Gasteiger partial charge in [0, 0.05) is 6.54 Å². The zero-order valence-electron chi connectivity index (χ0n) is 13.5. The number of anilines is 1. The molecule has 1 aliphatic rings. The van der Waals surface area contributed by atoms with Gasteiger partial charge in [0.1, 0.15) is 16.4 Å². The van der Waals surface area contributed by atoms with Crippen LogP contribution in [0.5, 0.6) is 0 Å². The lowest BCUT2D eigenvalue weighted by Gasteiger charge is -2.29. The van der Waals surface area contributed by atoms with Crippen molar-refractivity contribution in [1.82, 2.24) is 19.9 Å². The molecule has 0 aliphatic carbocycles. The molecule has 0 aromatic carbocycles. The number of aliphatic hydroxyl groups is 1. The van der Waals surface area contributed by atoms with Crippen molar-refractivity contribution in [2.75, 3.05) is 18.4 Å². The van der Waals surface area contributed by atoms with Crippen molar-refractivity contribution in [3.63, 3.8) is 0 Å². The second kappa shape index (κ2) is 6.53. The van der Waals surface area contributed by atoms with E-state index in [4.69, 9.17) is 0 Å². The number of hydrogen-bond acceptors (Lipinski definition) is 6. The SMILES string of the molecule is O[C@@H]1CNCC[C@H]1Nc1ccc2ncc(-c3ccc(C(F)(F)F)s3)n2n1. The summed E-state index contributed by atoms with van der Waals surface area (Å²) in [6.45, 7) is 1.30. The third-order valence-electron chi connectivity index (χ3n) is 4.28. The number of hydrogen-bond donors (Lipinski definition) is 3. The van der Waals surface area contributed by atoms with Crippen LogP contribution in [-0.4, -0.2) is 44.9 Å². The van der Waals surface area contributed by atoms with E-state index in [0.717, 1.165) is 19.0 Å². The molecule has 0 unspecified atom stereocenters. The third-order valence-corrected chi connectivity index (χ3v) is 5.44. The Morgan fingerprint density at radius 2 is 2.12 bits per heavy atom. The third kappa shape index (κ3) is 3.27. The molecular formula is C16H16F3N5OS. The van der Waals surface area contributed by atoms with Crippen molar-refractivity contribution < 1.29 is 18.3 Å². The number of thiophene rings is 1. The summed E-state index contributed by atoms with van der Waals surface area (Å²) in [4.78, 5) is 3.99. The minimum atomic E-state index is -4.37. The molecule has 1 saturated heterocycles. The first kappa shape index (κ1) is 17.3. The van der Waals surface area contributed by atoms with Gasteiger partial charge in [-0.2, -0.15) is 13.2 Å². The van der Waals surface area contributed by atoms with E-state index in [0.29, 0.717) is 39.9 Å². The van der Waals surface area contributed by atoms with E-state index >= 15 is 0 Å². The highest BCUT2D eigenvalue weighted by Gasteiger charge is 2.32. The van der Waals surface area contributed by atoms with Crippen LogP contribution in [0.2, 0.25) is 0 Å². The fraction of sp³-hybridized carbons (Fsp3) is 0.375. The van der Waals surface area contributed by atoms with Crippen LogP contribution in [0.3, 0.4) is 0 Å². The number of imidazole rings is 1. The van der Waals surface area contributed by atoms with E-state index in [9.17, 15) is 18.3 Å². The zero-order valence-corrected chi connectivity index (χ0v) is 14.3. The summed E-state index contributed by atoms with van der Waals surface area (Å²) < 4.78 is 40.1. The largest absolute Gasteiger partial charge is 0.425 e. The van der Waals surface area contributed by atoms with Crippen LogP contribution in [0.25, 0.3) is 16.2 Å². The molecule has 1 fully saturated rings. The Labute approximate surface area is 150 Å². The molecule has 6 nitrogen and oxygen atoms in total. The molecule has 3 aromatic rings. The van der Waals surface area contributed by atoms with E-state index in [1.165, 1.54) is 16.8 Å². The number of nitrogens with one attached hydrogen (secondary N) is 2. The standard InChI is InChI=1S/C16H16F3N5OS/c17-16(18,19)13-2-1-12(26-13)10-7-21-15-4-3-14(23-24(10)15)22-9-5-6-20-8-11(9)25/h1-4,7,9,11,20,25H,5-6,8H2,(H,22,23)/t9-,11-/m1/s1. The quantitative estimate of drug-likeness (QED) is 0.648. The van der Waals surface area contributed by atoms with Gasteiger partial charge < -0.3 is 15.7 Å². The molecular weight excluding hydrogens is 367 g/mol. The molecule has 26 heavy (non-hydrogen) atoms. The van der Waals surface area contributed by atoms with Crippen LogP contribution in [-0.2, 0) is 6.18 Å². The number of β-amino-alcohol motifs (C(OH)–C–C–N with tert-alkyl or cyclic N) is 1. The fourth-order valence-corrected chi connectivity index (χ4v) is 3.82. The molecule has 0 amide bonds. The van der Waals surface area contributed by atoms with Gasteiger partial charge in [0.05, 0.1) is 23.2 Å². The number of aliphatic hydroxyl groups excluding tert-OH is 1. The van der Waals surface area contributed by atoms with Crippen LogP contribution in [0, 0.1) is 0 Å². The van der Waals surface area contributed by atoms with E-state index < -0.39 is 17.2 Å². The van der Waals surface area contributed by atoms with Crippen LogP contribution in [0.1, 0.15) is 11.3 Å². The van der Waals surface area contributed by atoms with Crippen molar-refractivity contribution in [2.45, 2.75) is 24.7 Å². The van der Waals surface area contributed by atoms with Gasteiger partial charge in [-0.25, -0.2) is 9.50 Å². The topological polar surface area (TPSA) is 74.5 Å². The predicted octanol–water partition coefficient (Wildman–Crippen LogP) is 2.61. The maximum Gasteiger partial charge on any atom is 0.425 e. The Morgan fingerprint density at radius 1 is 1.27 bits per heavy atom. The van der Waals surface area contributed by atoms with Gasteiger partial charge in [-0.15, -0.1) is 16.4 Å². The van der Waals surface area contributed by atoms with Gasteiger partial charge >= 0.3 is 6.18 Å². The van der Waals surface area contributed by atoms with Crippen molar-refractivity contribution in [3.8, 4) is 10.6 Å². The summed E-state index contributed by atoms with van der Waals surface area (Å²) in [5.41, 5.74) is 1.04. The monoisotopic (exact) mass is 383 g/mol. The van der Waals surface area contributed by atoms with Gasteiger partial charge in [0.15, 0.2) is 5.65 Å². The van der Waals surface area contributed by atoms with Crippen molar-refractivity contribution >= 4 is 22.8 Å². The molecule has 4 heterocycles. The van der Waals surface area contributed by atoms with Crippen LogP contribution in [0.15, 0.2) is 30.5 Å². The minimum Gasteiger partial charge on any atom is -0.390 e. The number of halogens is 3. The maximum atomic E-state index is 12.9. The van der Waals surface area contributed by atoms with Crippen LogP contribution in [0.4, 0.5) is 19.0 Å². The highest BCUT2D eigenvalue weighted by molar-refractivity contribution is 7.15. The van der Waals surface area contributed by atoms with E-state index in [2.05, 4.69) is 20.7 Å². The van der Waals surface area contributed by atoms with Crippen LogP contribution < -0.4 is 10.6 Å². The molecule has 138 valence electrons. The molecule has 4 rings (SSSR count). The predicted molar refractivity (Wildman–Crippen MR) is 92.2 cm³/mol. The Morgan fingerprint density at radius 3 is 2.85 bits per heavy atom. The first-order valence-electron chi connectivity index (χ1n) is 8.09. The molecule has 0 spiro atoms. The molecule has 3 N–H and O–H groups in total. The van der Waals surface area contributed by atoms with E-state index in [1.54, 1.807) is 12.1 Å². The van der Waals surface area contributed by atoms with Crippen molar-refractivity contribution in [1.29, 1.82) is 0 Å². The summed E-state index contributed by atoms with van der Waals surface area (Å²) in [5.74, 6) is 0.537.